The van der Waals surface area contributed by atoms with Gasteiger partial charge in [-0.3, -0.25) is 9.59 Å². The van der Waals surface area contributed by atoms with Crippen LogP contribution in [0.25, 0.3) is 6.08 Å². The summed E-state index contributed by atoms with van der Waals surface area (Å²) in [7, 11) is 0. The highest BCUT2D eigenvalue weighted by Crippen LogP contribution is 2.31. The third-order valence-electron chi connectivity index (χ3n) is 6.71. The molecular formula is C27H39NO6S. The van der Waals surface area contributed by atoms with Crippen molar-refractivity contribution in [2.75, 3.05) is 0 Å². The lowest BCUT2D eigenvalue weighted by molar-refractivity contribution is -0.154. The summed E-state index contributed by atoms with van der Waals surface area (Å²) < 4.78 is 5.77. The summed E-state index contributed by atoms with van der Waals surface area (Å²) in [5.74, 6) is -1.86. The van der Waals surface area contributed by atoms with Gasteiger partial charge in [0.25, 0.3) is 0 Å². The number of ether oxygens (including phenoxy) is 1. The van der Waals surface area contributed by atoms with Gasteiger partial charge in [-0.25, -0.2) is 4.98 Å². The Bertz CT molecular complexity index is 976. The quantitative estimate of drug-likeness (QED) is 0.416. The number of rotatable bonds is 3. The number of aliphatic hydroxyl groups excluding tert-OH is 3. The second-order valence-corrected chi connectivity index (χ2v) is 11.0. The van der Waals surface area contributed by atoms with Gasteiger partial charge in [0.05, 0.1) is 36.3 Å². The van der Waals surface area contributed by atoms with Gasteiger partial charge < -0.3 is 20.1 Å². The topological polar surface area (TPSA) is 117 Å². The van der Waals surface area contributed by atoms with E-state index in [-0.39, 0.29) is 24.7 Å². The maximum Gasteiger partial charge on any atom is 0.309 e. The summed E-state index contributed by atoms with van der Waals surface area (Å²) in [6.07, 6.45) is 5.75. The lowest BCUT2D eigenvalue weighted by Crippen LogP contribution is -2.45. The number of nitrogens with zero attached hydrogens (tertiary/aromatic N) is 1. The standard InChI is InChI=1S/C27H39NO6S/c1-16-8-7-9-17(2)25(32)19(4)26(33)27(5,6)22(30)13-24(31)34-21(11-10-16)18(3)12-20-15-35-23(14-29)28-20/h7,9-10,12,15,17,19,21-22,25,29-30,32H,8,11,13-14H2,1-6H3/b9-7+,16-10-,18-12+/t17-,19?,21?,22-,25-/m0/s1. The molecule has 0 radical (unpaired) electrons. The Morgan fingerprint density at radius 3 is 2.60 bits per heavy atom. The number of aliphatic hydroxyl groups is 3. The van der Waals surface area contributed by atoms with E-state index >= 15 is 0 Å². The number of carbonyl (C=O) groups is 2. The van der Waals surface area contributed by atoms with Gasteiger partial charge in [0.1, 0.15) is 16.9 Å². The van der Waals surface area contributed by atoms with E-state index < -0.39 is 35.6 Å². The van der Waals surface area contributed by atoms with Crippen molar-refractivity contribution in [2.24, 2.45) is 17.3 Å². The third kappa shape index (κ3) is 7.93. The van der Waals surface area contributed by atoms with Crippen LogP contribution in [-0.2, 0) is 20.9 Å². The molecule has 2 unspecified atom stereocenters. The number of hydrogen-bond donors (Lipinski definition) is 3. The molecule has 3 N–H and O–H groups in total. The lowest BCUT2D eigenvalue weighted by Gasteiger charge is -2.34. The number of hydrogen-bond acceptors (Lipinski definition) is 8. The van der Waals surface area contributed by atoms with E-state index in [1.54, 1.807) is 20.8 Å². The van der Waals surface area contributed by atoms with Crippen molar-refractivity contribution in [1.82, 2.24) is 4.98 Å². The maximum absolute atomic E-state index is 13.1. The van der Waals surface area contributed by atoms with Crippen LogP contribution in [0.2, 0.25) is 0 Å². The molecule has 1 aliphatic heterocycles. The number of Topliss-reactive ketones (excluding diaryl/α,β-unsaturated/α-hetero) is 1. The Balaban J connectivity index is 2.37. The van der Waals surface area contributed by atoms with E-state index in [0.29, 0.717) is 23.5 Å². The summed E-state index contributed by atoms with van der Waals surface area (Å²) in [4.78, 5) is 30.3. The summed E-state index contributed by atoms with van der Waals surface area (Å²) in [6, 6.07) is 0. The van der Waals surface area contributed by atoms with Crippen molar-refractivity contribution in [2.45, 2.75) is 85.7 Å². The Morgan fingerprint density at radius 2 is 1.97 bits per heavy atom. The highest BCUT2D eigenvalue weighted by Gasteiger charge is 2.42. The van der Waals surface area contributed by atoms with Crippen LogP contribution in [0.5, 0.6) is 0 Å². The number of cyclic esters (lactones) is 1. The highest BCUT2D eigenvalue weighted by atomic mass is 32.1. The van der Waals surface area contributed by atoms with Crippen LogP contribution in [0.3, 0.4) is 0 Å². The molecule has 2 heterocycles. The first kappa shape index (κ1) is 29.1. The highest BCUT2D eigenvalue weighted by molar-refractivity contribution is 7.09. The van der Waals surface area contributed by atoms with Gasteiger partial charge in [-0.15, -0.1) is 11.3 Å². The number of allylic oxidation sites excluding steroid dienone is 2. The molecule has 0 aliphatic carbocycles. The van der Waals surface area contributed by atoms with Crippen molar-refractivity contribution in [3.63, 3.8) is 0 Å². The van der Waals surface area contributed by atoms with Crippen LogP contribution in [0.4, 0.5) is 0 Å². The Kier molecular flexibility index (Phi) is 10.6. The number of carbonyl (C=O) groups excluding carboxylic acids is 2. The van der Waals surface area contributed by atoms with E-state index in [2.05, 4.69) is 4.98 Å². The molecule has 0 saturated carbocycles. The molecule has 2 rings (SSSR count). The van der Waals surface area contributed by atoms with Gasteiger partial charge >= 0.3 is 5.97 Å². The predicted molar refractivity (Wildman–Crippen MR) is 137 cm³/mol. The summed E-state index contributed by atoms with van der Waals surface area (Å²) in [6.45, 7) is 10.4. The molecule has 194 valence electrons. The normalized spacial score (nSPS) is 32.0. The Labute approximate surface area is 212 Å². The van der Waals surface area contributed by atoms with Crippen LogP contribution in [0, 0.1) is 17.3 Å². The second-order valence-electron chi connectivity index (χ2n) is 10.1. The summed E-state index contributed by atoms with van der Waals surface area (Å²) in [5, 5.41) is 33.2. The maximum atomic E-state index is 13.1. The minimum atomic E-state index is -1.26. The van der Waals surface area contributed by atoms with Crippen LogP contribution in [0.1, 0.15) is 71.5 Å². The van der Waals surface area contributed by atoms with Gasteiger partial charge in [0.15, 0.2) is 0 Å². The average molecular weight is 506 g/mol. The van der Waals surface area contributed by atoms with Crippen molar-refractivity contribution in [1.29, 1.82) is 0 Å². The molecule has 1 aromatic rings. The van der Waals surface area contributed by atoms with E-state index in [1.807, 2.05) is 50.5 Å². The fourth-order valence-corrected chi connectivity index (χ4v) is 4.68. The molecular weight excluding hydrogens is 466 g/mol. The second kappa shape index (κ2) is 12.7. The number of aromatic nitrogens is 1. The first-order valence-electron chi connectivity index (χ1n) is 12.0. The molecule has 35 heavy (non-hydrogen) atoms. The van der Waals surface area contributed by atoms with Crippen LogP contribution >= 0.6 is 11.3 Å². The molecule has 5 atom stereocenters. The Morgan fingerprint density at radius 1 is 1.29 bits per heavy atom. The molecule has 0 amide bonds. The Hall–Kier alpha value is -2.13. The van der Waals surface area contributed by atoms with Gasteiger partial charge in [0, 0.05) is 23.6 Å². The molecule has 8 heteroatoms. The fourth-order valence-electron chi connectivity index (χ4n) is 4.07. The van der Waals surface area contributed by atoms with Crippen LogP contribution in [-0.4, -0.2) is 50.4 Å². The molecule has 0 spiro atoms. The fraction of sp³-hybridized carbons (Fsp3) is 0.593. The minimum absolute atomic E-state index is 0.133. The number of thiazole rings is 1. The number of ketones is 1. The van der Waals surface area contributed by atoms with E-state index in [1.165, 1.54) is 11.3 Å². The van der Waals surface area contributed by atoms with Crippen LogP contribution in [0.15, 0.2) is 34.8 Å². The van der Waals surface area contributed by atoms with Gasteiger partial charge in [-0.1, -0.05) is 51.5 Å². The molecule has 0 fully saturated rings. The first-order chi connectivity index (χ1) is 16.4. The molecule has 0 bridgehead atoms. The minimum Gasteiger partial charge on any atom is -0.457 e. The predicted octanol–water partition coefficient (Wildman–Crippen LogP) is 4.23. The molecule has 0 saturated heterocycles. The molecule has 1 aromatic heterocycles. The largest absolute Gasteiger partial charge is 0.457 e. The molecule has 7 nitrogen and oxygen atoms in total. The zero-order valence-electron chi connectivity index (χ0n) is 21.5. The third-order valence-corrected chi connectivity index (χ3v) is 7.57. The van der Waals surface area contributed by atoms with Crippen LogP contribution < -0.4 is 0 Å². The first-order valence-corrected chi connectivity index (χ1v) is 12.9. The zero-order valence-corrected chi connectivity index (χ0v) is 22.3. The molecule has 0 aromatic carbocycles. The van der Waals surface area contributed by atoms with E-state index in [0.717, 1.165) is 11.1 Å². The smallest absolute Gasteiger partial charge is 0.309 e. The average Bonchev–Trinajstić information content (AvgIpc) is 3.26. The number of esters is 1. The summed E-state index contributed by atoms with van der Waals surface area (Å²) in [5.41, 5.74) is 1.30. The van der Waals surface area contributed by atoms with Crippen molar-refractivity contribution >= 4 is 29.2 Å². The zero-order chi connectivity index (χ0) is 26.3. The van der Waals surface area contributed by atoms with E-state index in [9.17, 15) is 24.9 Å². The SMILES string of the molecule is C/C1=C/CC(/C(C)=C/c2csc(CO)n2)OC(=O)C[C@H](O)C(C)(C)C(=O)C(C)[C@@H](O)[C@@H](C)/C=C/C1. The molecule has 1 aliphatic rings. The van der Waals surface area contributed by atoms with Crippen molar-refractivity contribution < 1.29 is 29.6 Å². The van der Waals surface area contributed by atoms with Gasteiger partial charge in [-0.2, -0.15) is 0 Å². The van der Waals surface area contributed by atoms with Crippen molar-refractivity contribution in [3.05, 3.63) is 45.5 Å². The summed E-state index contributed by atoms with van der Waals surface area (Å²) >= 11 is 1.35. The van der Waals surface area contributed by atoms with Crippen molar-refractivity contribution in [3.8, 4) is 0 Å². The lowest BCUT2D eigenvalue weighted by atomic mass is 9.73. The van der Waals surface area contributed by atoms with Gasteiger partial charge in [-0.05, 0) is 31.9 Å². The van der Waals surface area contributed by atoms with Gasteiger partial charge in [0.2, 0.25) is 0 Å². The monoisotopic (exact) mass is 505 g/mol. The van der Waals surface area contributed by atoms with E-state index in [4.69, 9.17) is 4.74 Å².